The number of thiophene rings is 1. The number of benzene rings is 1. The minimum absolute atomic E-state index is 0.0490. The quantitative estimate of drug-likeness (QED) is 0.596. The molecule has 0 aliphatic carbocycles. The van der Waals surface area contributed by atoms with Gasteiger partial charge in [0.2, 0.25) is 0 Å². The molecule has 7 nitrogen and oxygen atoms in total. The van der Waals surface area contributed by atoms with Gasteiger partial charge >= 0.3 is 6.03 Å². The fourth-order valence-electron chi connectivity index (χ4n) is 6.12. The average Bonchev–Trinajstić information content (AvgIpc) is 3.42. The van der Waals surface area contributed by atoms with E-state index in [4.69, 9.17) is 9.47 Å². The van der Waals surface area contributed by atoms with E-state index in [1.165, 1.54) is 11.3 Å². The molecule has 35 heavy (non-hydrogen) atoms. The molecule has 0 N–H and O–H groups in total. The number of hydrogen-bond acceptors (Lipinski definition) is 5. The highest BCUT2D eigenvalue weighted by Gasteiger charge is 2.55. The zero-order valence-corrected chi connectivity index (χ0v) is 21.7. The molecular weight excluding hydrogens is 462 g/mol. The van der Waals surface area contributed by atoms with Gasteiger partial charge in [-0.3, -0.25) is 9.69 Å². The van der Waals surface area contributed by atoms with E-state index in [9.17, 15) is 9.59 Å². The summed E-state index contributed by atoms with van der Waals surface area (Å²) in [7, 11) is 3.38. The fraction of sp³-hybridized carbons (Fsp3) is 0.481. The van der Waals surface area contributed by atoms with Crippen LogP contribution in [0.1, 0.15) is 59.0 Å². The molecule has 186 valence electrons. The summed E-state index contributed by atoms with van der Waals surface area (Å²) in [6.07, 6.45) is 3.73. The molecule has 1 spiro atoms. The largest absolute Gasteiger partial charge is 0.496 e. The predicted molar refractivity (Wildman–Crippen MR) is 136 cm³/mol. The molecule has 1 atom stereocenters. The second-order valence-electron chi connectivity index (χ2n) is 9.56. The highest BCUT2D eigenvalue weighted by Crippen LogP contribution is 2.48. The normalized spacial score (nSPS) is 21.0. The van der Waals surface area contributed by atoms with Crippen LogP contribution in [0.2, 0.25) is 0 Å². The number of urea groups is 1. The van der Waals surface area contributed by atoms with E-state index in [2.05, 4.69) is 19.1 Å². The maximum Gasteiger partial charge on any atom is 0.325 e. The molecule has 3 aliphatic heterocycles. The number of nitrogens with zero attached hydrogens (tertiary/aromatic N) is 3. The number of hydrogen-bond donors (Lipinski definition) is 0. The number of methoxy groups -OCH3 is 2. The number of piperidine rings is 1. The average molecular weight is 496 g/mol. The molecule has 0 bridgehead atoms. The van der Waals surface area contributed by atoms with E-state index in [1.807, 2.05) is 45.2 Å². The van der Waals surface area contributed by atoms with E-state index in [0.29, 0.717) is 32.8 Å². The van der Waals surface area contributed by atoms with Crippen LogP contribution >= 0.6 is 11.3 Å². The van der Waals surface area contributed by atoms with Crippen LogP contribution in [-0.4, -0.2) is 66.0 Å². The number of allylic oxidation sites excluding steroid dienone is 1. The van der Waals surface area contributed by atoms with Crippen molar-refractivity contribution in [1.29, 1.82) is 0 Å². The third kappa shape index (κ3) is 3.83. The first kappa shape index (κ1) is 23.9. The number of carbonyl (C=O) groups excluding carboxylic acids is 2. The van der Waals surface area contributed by atoms with E-state index in [1.54, 1.807) is 14.2 Å². The summed E-state index contributed by atoms with van der Waals surface area (Å²) in [6, 6.07) is 8.03. The highest BCUT2D eigenvalue weighted by molar-refractivity contribution is 7.12. The lowest BCUT2D eigenvalue weighted by Gasteiger charge is -2.44. The molecule has 0 radical (unpaired) electrons. The summed E-state index contributed by atoms with van der Waals surface area (Å²) >= 11 is 1.48. The molecule has 2 fully saturated rings. The van der Waals surface area contributed by atoms with E-state index >= 15 is 0 Å². The van der Waals surface area contributed by atoms with Gasteiger partial charge in [0, 0.05) is 43.9 Å². The van der Waals surface area contributed by atoms with Crippen molar-refractivity contribution < 1.29 is 19.1 Å². The number of ether oxygens (including phenoxy) is 2. The van der Waals surface area contributed by atoms with Gasteiger partial charge in [0.1, 0.15) is 5.75 Å². The van der Waals surface area contributed by atoms with Crippen molar-refractivity contribution in [2.24, 2.45) is 0 Å². The molecule has 1 unspecified atom stereocenters. The van der Waals surface area contributed by atoms with Crippen molar-refractivity contribution in [3.05, 3.63) is 63.0 Å². The lowest BCUT2D eigenvalue weighted by atomic mass is 9.82. The topological polar surface area (TPSA) is 62.3 Å². The molecule has 2 aromatic rings. The summed E-state index contributed by atoms with van der Waals surface area (Å²) < 4.78 is 11.2. The third-order valence-corrected chi connectivity index (χ3v) is 8.54. The Morgan fingerprint density at radius 1 is 1.23 bits per heavy atom. The SMILES string of the molecule is CCN1C(=O)N2Cc3cc(COC)cc(OC)c3C(C)C=C2C12CCN(C(=O)c1cccs1)CC2. The zero-order valence-electron chi connectivity index (χ0n) is 20.9. The second kappa shape index (κ2) is 9.32. The fourth-order valence-corrected chi connectivity index (χ4v) is 6.81. The Kier molecular flexibility index (Phi) is 6.36. The summed E-state index contributed by atoms with van der Waals surface area (Å²) in [5.74, 6) is 1.01. The Morgan fingerprint density at radius 2 is 2.00 bits per heavy atom. The highest BCUT2D eigenvalue weighted by atomic mass is 32.1. The molecule has 2 saturated heterocycles. The number of rotatable bonds is 5. The first-order valence-electron chi connectivity index (χ1n) is 12.3. The van der Waals surface area contributed by atoms with Crippen molar-refractivity contribution in [3.8, 4) is 5.75 Å². The van der Waals surface area contributed by atoms with Gasteiger partial charge in [0.25, 0.3) is 5.91 Å². The number of likely N-dealkylation sites (tertiary alicyclic amines) is 1. The molecule has 8 heteroatoms. The van der Waals surface area contributed by atoms with Crippen LogP contribution in [0, 0.1) is 0 Å². The number of amides is 3. The number of likely N-dealkylation sites (N-methyl/N-ethyl adjacent to an activating group) is 1. The van der Waals surface area contributed by atoms with Gasteiger partial charge in [-0.15, -0.1) is 11.3 Å². The van der Waals surface area contributed by atoms with Crippen LogP contribution in [0.25, 0.3) is 0 Å². The zero-order chi connectivity index (χ0) is 24.7. The summed E-state index contributed by atoms with van der Waals surface area (Å²) in [5.41, 5.74) is 3.95. The van der Waals surface area contributed by atoms with Crippen LogP contribution in [-0.2, 0) is 17.9 Å². The molecule has 3 amide bonds. The van der Waals surface area contributed by atoms with E-state index < -0.39 is 5.54 Å². The van der Waals surface area contributed by atoms with Crippen molar-refractivity contribution in [1.82, 2.24) is 14.7 Å². The van der Waals surface area contributed by atoms with E-state index in [0.717, 1.165) is 45.9 Å². The van der Waals surface area contributed by atoms with Gasteiger partial charge in [0.05, 0.1) is 30.7 Å². The van der Waals surface area contributed by atoms with Crippen molar-refractivity contribution in [2.45, 2.75) is 51.3 Å². The van der Waals surface area contributed by atoms with Crippen molar-refractivity contribution >= 4 is 23.3 Å². The maximum absolute atomic E-state index is 13.8. The van der Waals surface area contributed by atoms with Crippen LogP contribution in [0.15, 0.2) is 41.4 Å². The molecule has 3 aliphatic rings. The number of carbonyl (C=O) groups is 2. The van der Waals surface area contributed by atoms with Crippen LogP contribution < -0.4 is 4.74 Å². The Labute approximate surface area is 210 Å². The Morgan fingerprint density at radius 3 is 2.63 bits per heavy atom. The summed E-state index contributed by atoms with van der Waals surface area (Å²) in [6.45, 7) is 7.13. The lowest BCUT2D eigenvalue weighted by molar-refractivity contribution is 0.0580. The Balaban J connectivity index is 1.50. The minimum Gasteiger partial charge on any atom is -0.496 e. The molecular formula is C27H33N3O4S. The predicted octanol–water partition coefficient (Wildman–Crippen LogP) is 4.84. The van der Waals surface area contributed by atoms with Crippen LogP contribution in [0.3, 0.4) is 0 Å². The van der Waals surface area contributed by atoms with Gasteiger partial charge in [-0.25, -0.2) is 4.79 Å². The standard InChI is InChI=1S/C27H33N3O4S/c1-5-30-26(32)29-16-20-14-19(17-33-3)15-21(34-4)24(20)18(2)13-23(29)27(30)8-10-28(11-9-27)25(31)22-7-6-12-35-22/h6-7,12-15,18H,5,8-11,16-17H2,1-4H3. The molecule has 0 saturated carbocycles. The first-order valence-corrected chi connectivity index (χ1v) is 13.1. The monoisotopic (exact) mass is 495 g/mol. The smallest absolute Gasteiger partial charge is 0.325 e. The minimum atomic E-state index is -0.392. The third-order valence-electron chi connectivity index (χ3n) is 7.68. The van der Waals surface area contributed by atoms with Crippen molar-refractivity contribution in [2.75, 3.05) is 33.9 Å². The molecule has 1 aromatic heterocycles. The van der Waals surface area contributed by atoms with Gasteiger partial charge in [-0.1, -0.05) is 25.1 Å². The van der Waals surface area contributed by atoms with E-state index in [-0.39, 0.29) is 17.9 Å². The van der Waals surface area contributed by atoms with Gasteiger partial charge < -0.3 is 19.3 Å². The van der Waals surface area contributed by atoms with Gasteiger partial charge in [0.15, 0.2) is 0 Å². The summed E-state index contributed by atoms with van der Waals surface area (Å²) in [5, 5.41) is 1.94. The van der Waals surface area contributed by atoms with Crippen molar-refractivity contribution in [3.63, 3.8) is 0 Å². The lowest BCUT2D eigenvalue weighted by Crippen LogP contribution is -2.54. The Hall–Kier alpha value is -2.84. The van der Waals surface area contributed by atoms with Crippen LogP contribution in [0.4, 0.5) is 4.79 Å². The summed E-state index contributed by atoms with van der Waals surface area (Å²) in [4.78, 5) is 33.4. The maximum atomic E-state index is 13.8. The van der Waals surface area contributed by atoms with Crippen LogP contribution in [0.5, 0.6) is 5.75 Å². The molecule has 4 heterocycles. The molecule has 1 aromatic carbocycles. The van der Waals surface area contributed by atoms with Gasteiger partial charge in [-0.2, -0.15) is 0 Å². The Bertz CT molecular complexity index is 1150. The first-order chi connectivity index (χ1) is 16.9. The second-order valence-corrected chi connectivity index (χ2v) is 10.5. The van der Waals surface area contributed by atoms with Gasteiger partial charge in [-0.05, 0) is 48.4 Å². The number of fused-ring (bicyclic) bond motifs is 3. The molecule has 5 rings (SSSR count).